The maximum atomic E-state index is 12.2. The van der Waals surface area contributed by atoms with Crippen molar-refractivity contribution >= 4 is 11.7 Å². The summed E-state index contributed by atoms with van der Waals surface area (Å²) in [6.07, 6.45) is 6.25. The van der Waals surface area contributed by atoms with Crippen LogP contribution in [0.15, 0.2) is 23.0 Å². The minimum Gasteiger partial charge on any atom is -0.361 e. The molecule has 0 saturated heterocycles. The molecule has 0 bridgehead atoms. The largest absolute Gasteiger partial charge is 0.361 e. The minimum atomic E-state index is -0.170. The fourth-order valence-corrected chi connectivity index (χ4v) is 4.10. The van der Waals surface area contributed by atoms with E-state index in [1.54, 1.807) is 6.07 Å². The maximum absolute atomic E-state index is 12.2. The number of nitrogens with zero attached hydrogens (tertiary/aromatic N) is 5. The van der Waals surface area contributed by atoms with Gasteiger partial charge in [-0.15, -0.1) is 10.2 Å². The second-order valence-corrected chi connectivity index (χ2v) is 8.20. The summed E-state index contributed by atoms with van der Waals surface area (Å²) in [5.74, 6) is 2.98. The predicted molar refractivity (Wildman–Crippen MR) is 106 cm³/mol. The number of amides is 1. The molecule has 0 spiro atoms. The van der Waals surface area contributed by atoms with Gasteiger partial charge in [-0.1, -0.05) is 5.16 Å². The van der Waals surface area contributed by atoms with Gasteiger partial charge in [0.1, 0.15) is 17.9 Å². The predicted octanol–water partition coefficient (Wildman–Crippen LogP) is 3.19. The van der Waals surface area contributed by atoms with Gasteiger partial charge >= 0.3 is 0 Å². The van der Waals surface area contributed by atoms with E-state index in [0.29, 0.717) is 29.5 Å². The Labute approximate surface area is 169 Å². The molecule has 0 radical (unpaired) electrons. The fourth-order valence-electron chi connectivity index (χ4n) is 4.10. The van der Waals surface area contributed by atoms with Gasteiger partial charge in [0.05, 0.1) is 12.1 Å². The molecule has 0 unspecified atom stereocenters. The Hall–Kier alpha value is -2.97. The van der Waals surface area contributed by atoms with Gasteiger partial charge in [-0.05, 0) is 46.0 Å². The Morgan fingerprint density at radius 3 is 3.00 bits per heavy atom. The minimum absolute atomic E-state index is 0.144. The van der Waals surface area contributed by atoms with Gasteiger partial charge in [0.25, 0.3) is 0 Å². The number of aromatic amines is 1. The standard InChI is InChI=1S/C20H27N7O2/c1-12(2)27-11-21-25-19(27)8-14-4-5-15(7-14)17-10-18(24-23-17)22-20(28)9-16-6-13(3)26-29-16/h6,10-12,14-15H,4-5,7-9H2,1-3H3,(H2,22,23,24,28)/t14-,15+/m1/s1. The van der Waals surface area contributed by atoms with Crippen molar-refractivity contribution in [1.82, 2.24) is 30.1 Å². The Morgan fingerprint density at radius 2 is 2.24 bits per heavy atom. The van der Waals surface area contributed by atoms with Crippen molar-refractivity contribution in [3.63, 3.8) is 0 Å². The molecule has 1 fully saturated rings. The van der Waals surface area contributed by atoms with Crippen LogP contribution in [0, 0.1) is 12.8 Å². The van der Waals surface area contributed by atoms with Crippen LogP contribution in [0.2, 0.25) is 0 Å². The molecule has 1 aliphatic rings. The summed E-state index contributed by atoms with van der Waals surface area (Å²) in [5.41, 5.74) is 1.83. The van der Waals surface area contributed by atoms with E-state index in [1.165, 1.54) is 0 Å². The Bertz CT molecular complexity index is 971. The number of anilines is 1. The van der Waals surface area contributed by atoms with Crippen molar-refractivity contribution in [2.75, 3.05) is 5.32 Å². The number of hydrogen-bond acceptors (Lipinski definition) is 6. The third-order valence-corrected chi connectivity index (χ3v) is 5.53. The number of carbonyl (C=O) groups excluding carboxylic acids is 1. The highest BCUT2D eigenvalue weighted by atomic mass is 16.5. The number of carbonyl (C=O) groups is 1. The van der Waals surface area contributed by atoms with E-state index in [0.717, 1.165) is 42.9 Å². The van der Waals surface area contributed by atoms with Crippen molar-refractivity contribution in [3.8, 4) is 0 Å². The summed E-state index contributed by atoms with van der Waals surface area (Å²) < 4.78 is 7.23. The zero-order valence-corrected chi connectivity index (χ0v) is 17.1. The van der Waals surface area contributed by atoms with Gasteiger partial charge < -0.3 is 14.4 Å². The molecule has 1 amide bonds. The Morgan fingerprint density at radius 1 is 1.38 bits per heavy atom. The number of nitrogens with one attached hydrogen (secondary N) is 2. The van der Waals surface area contributed by atoms with Gasteiger partial charge in [-0.25, -0.2) is 0 Å². The average Bonchev–Trinajstić information content (AvgIpc) is 3.43. The molecule has 9 nitrogen and oxygen atoms in total. The summed E-state index contributed by atoms with van der Waals surface area (Å²) >= 11 is 0. The van der Waals surface area contributed by atoms with E-state index in [2.05, 4.69) is 49.3 Å². The molecule has 2 atom stereocenters. The number of aryl methyl sites for hydroxylation is 1. The van der Waals surface area contributed by atoms with Crippen LogP contribution in [-0.2, 0) is 17.6 Å². The van der Waals surface area contributed by atoms with Gasteiger partial charge in [-0.3, -0.25) is 9.89 Å². The van der Waals surface area contributed by atoms with Crippen LogP contribution in [0.25, 0.3) is 0 Å². The lowest BCUT2D eigenvalue weighted by Gasteiger charge is -2.13. The lowest BCUT2D eigenvalue weighted by atomic mass is 9.99. The molecular weight excluding hydrogens is 370 g/mol. The smallest absolute Gasteiger partial charge is 0.233 e. The van der Waals surface area contributed by atoms with Crippen LogP contribution in [0.4, 0.5) is 5.82 Å². The first-order chi connectivity index (χ1) is 14.0. The van der Waals surface area contributed by atoms with Crippen LogP contribution in [0.5, 0.6) is 0 Å². The highest BCUT2D eigenvalue weighted by Crippen LogP contribution is 2.39. The molecule has 4 rings (SSSR count). The van der Waals surface area contributed by atoms with Crippen molar-refractivity contribution in [2.24, 2.45) is 5.92 Å². The highest BCUT2D eigenvalue weighted by molar-refractivity contribution is 5.91. The van der Waals surface area contributed by atoms with E-state index in [1.807, 2.05) is 19.3 Å². The third kappa shape index (κ3) is 4.55. The molecule has 3 aromatic heterocycles. The molecule has 2 N–H and O–H groups in total. The average molecular weight is 397 g/mol. The number of rotatable bonds is 7. The zero-order chi connectivity index (χ0) is 20.4. The second-order valence-electron chi connectivity index (χ2n) is 8.20. The van der Waals surface area contributed by atoms with Crippen molar-refractivity contribution in [1.29, 1.82) is 0 Å². The number of aromatic nitrogens is 6. The number of hydrogen-bond donors (Lipinski definition) is 2. The maximum Gasteiger partial charge on any atom is 0.233 e. The van der Waals surface area contributed by atoms with E-state index in [4.69, 9.17) is 4.52 Å². The fraction of sp³-hybridized carbons (Fsp3) is 0.550. The first-order valence-corrected chi connectivity index (χ1v) is 10.1. The number of H-pyrrole nitrogens is 1. The third-order valence-electron chi connectivity index (χ3n) is 5.53. The lowest BCUT2D eigenvalue weighted by Crippen LogP contribution is -2.14. The summed E-state index contributed by atoms with van der Waals surface area (Å²) in [6, 6.07) is 4.07. The summed E-state index contributed by atoms with van der Waals surface area (Å²) in [5, 5.41) is 22.3. The molecule has 154 valence electrons. The van der Waals surface area contributed by atoms with Crippen LogP contribution < -0.4 is 5.32 Å². The van der Waals surface area contributed by atoms with Crippen molar-refractivity contribution in [2.45, 2.75) is 64.8 Å². The van der Waals surface area contributed by atoms with E-state index < -0.39 is 0 Å². The van der Waals surface area contributed by atoms with Crippen molar-refractivity contribution in [3.05, 3.63) is 41.4 Å². The molecule has 29 heavy (non-hydrogen) atoms. The summed E-state index contributed by atoms with van der Waals surface area (Å²) in [6.45, 7) is 6.12. The summed E-state index contributed by atoms with van der Waals surface area (Å²) in [7, 11) is 0. The topological polar surface area (TPSA) is 115 Å². The van der Waals surface area contributed by atoms with Crippen molar-refractivity contribution < 1.29 is 9.32 Å². The molecule has 3 heterocycles. The van der Waals surface area contributed by atoms with Gasteiger partial charge in [0.15, 0.2) is 5.82 Å². The highest BCUT2D eigenvalue weighted by Gasteiger charge is 2.29. The molecular formula is C20H27N7O2. The Balaban J connectivity index is 1.31. The molecule has 0 aliphatic heterocycles. The van der Waals surface area contributed by atoms with Gasteiger partial charge in [-0.2, -0.15) is 5.10 Å². The van der Waals surface area contributed by atoms with E-state index >= 15 is 0 Å². The lowest BCUT2D eigenvalue weighted by molar-refractivity contribution is -0.115. The first-order valence-electron chi connectivity index (χ1n) is 10.1. The Kier molecular flexibility index (Phi) is 5.46. The first kappa shape index (κ1) is 19.4. The van der Waals surface area contributed by atoms with Gasteiger partial charge in [0.2, 0.25) is 5.91 Å². The van der Waals surface area contributed by atoms with E-state index in [-0.39, 0.29) is 12.3 Å². The quantitative estimate of drug-likeness (QED) is 0.633. The monoisotopic (exact) mass is 397 g/mol. The van der Waals surface area contributed by atoms with Crippen LogP contribution >= 0.6 is 0 Å². The zero-order valence-electron chi connectivity index (χ0n) is 17.1. The normalized spacial score (nSPS) is 19.2. The molecule has 9 heteroatoms. The molecule has 0 aromatic carbocycles. The van der Waals surface area contributed by atoms with Crippen LogP contribution in [0.3, 0.4) is 0 Å². The van der Waals surface area contributed by atoms with Crippen LogP contribution in [-0.4, -0.2) is 36.0 Å². The van der Waals surface area contributed by atoms with Gasteiger partial charge in [0, 0.05) is 36.2 Å². The molecule has 1 aliphatic carbocycles. The summed E-state index contributed by atoms with van der Waals surface area (Å²) in [4.78, 5) is 12.2. The van der Waals surface area contributed by atoms with E-state index in [9.17, 15) is 4.79 Å². The van der Waals surface area contributed by atoms with Crippen LogP contribution in [0.1, 0.15) is 68.0 Å². The molecule has 3 aromatic rings. The molecule has 1 saturated carbocycles. The second kappa shape index (κ2) is 8.18. The SMILES string of the molecule is Cc1cc(CC(=O)Nc2cc([C@H]3CC[C@@H](Cc4nncn4C(C)C)C3)[nH]n2)on1.